The van der Waals surface area contributed by atoms with Crippen molar-refractivity contribution >= 4 is 12.2 Å². The standard InChI is InChI=1S/C14H16F2N4O/c1-3-4-21-12-6-10(5-11(15)13(12)16)7-18-20-8-9(2)19-14(20)17/h5-8H,3-4H2,1-2H3,(H2,17,19). The Balaban J connectivity index is 2.27. The predicted octanol–water partition coefficient (Wildman–Crippen LogP) is 2.72. The second kappa shape index (κ2) is 6.34. The van der Waals surface area contributed by atoms with Crippen molar-refractivity contribution in [3.05, 3.63) is 41.2 Å². The minimum Gasteiger partial charge on any atom is -0.490 e. The fourth-order valence-corrected chi connectivity index (χ4v) is 1.70. The first kappa shape index (κ1) is 15.0. The molecule has 0 fully saturated rings. The Morgan fingerprint density at radius 2 is 2.19 bits per heavy atom. The Labute approximate surface area is 121 Å². The molecule has 0 aliphatic rings. The van der Waals surface area contributed by atoms with E-state index in [0.29, 0.717) is 24.3 Å². The number of aryl methyl sites for hydroxylation is 1. The van der Waals surface area contributed by atoms with E-state index in [1.54, 1.807) is 13.1 Å². The summed E-state index contributed by atoms with van der Waals surface area (Å²) < 4.78 is 33.6. The Morgan fingerprint density at radius 3 is 2.81 bits per heavy atom. The number of aromatic nitrogens is 2. The van der Waals surface area contributed by atoms with Crippen molar-refractivity contribution in [2.75, 3.05) is 12.3 Å². The first-order valence-electron chi connectivity index (χ1n) is 6.49. The van der Waals surface area contributed by atoms with Crippen molar-refractivity contribution in [3.8, 4) is 5.75 Å². The van der Waals surface area contributed by atoms with Gasteiger partial charge >= 0.3 is 0 Å². The number of hydrogen-bond donors (Lipinski definition) is 1. The van der Waals surface area contributed by atoms with E-state index in [9.17, 15) is 8.78 Å². The Hall–Kier alpha value is -2.44. The van der Waals surface area contributed by atoms with Gasteiger partial charge in [0.15, 0.2) is 11.6 Å². The second-order valence-electron chi connectivity index (χ2n) is 4.49. The van der Waals surface area contributed by atoms with Crippen LogP contribution in [0.1, 0.15) is 24.6 Å². The van der Waals surface area contributed by atoms with E-state index in [1.807, 2.05) is 6.92 Å². The molecule has 0 amide bonds. The van der Waals surface area contributed by atoms with Crippen molar-refractivity contribution in [3.63, 3.8) is 0 Å². The summed E-state index contributed by atoms with van der Waals surface area (Å²) >= 11 is 0. The monoisotopic (exact) mass is 294 g/mol. The first-order valence-corrected chi connectivity index (χ1v) is 6.49. The number of nitrogen functional groups attached to an aromatic ring is 1. The van der Waals surface area contributed by atoms with Gasteiger partial charge in [-0.15, -0.1) is 0 Å². The summed E-state index contributed by atoms with van der Waals surface area (Å²) in [5.74, 6) is -1.90. The van der Waals surface area contributed by atoms with Crippen molar-refractivity contribution in [2.24, 2.45) is 5.10 Å². The zero-order valence-electron chi connectivity index (χ0n) is 11.8. The number of nitrogens with zero attached hydrogens (tertiary/aromatic N) is 3. The number of rotatable bonds is 5. The summed E-state index contributed by atoms with van der Waals surface area (Å²) in [7, 11) is 0. The van der Waals surface area contributed by atoms with Gasteiger partial charge in [0.1, 0.15) is 0 Å². The molecule has 0 radical (unpaired) electrons. The summed E-state index contributed by atoms with van der Waals surface area (Å²) in [6.07, 6.45) is 3.68. The fraction of sp³-hybridized carbons (Fsp3) is 0.286. The minimum absolute atomic E-state index is 0.131. The molecule has 21 heavy (non-hydrogen) atoms. The van der Waals surface area contributed by atoms with Crippen molar-refractivity contribution in [2.45, 2.75) is 20.3 Å². The lowest BCUT2D eigenvalue weighted by molar-refractivity contribution is 0.295. The largest absolute Gasteiger partial charge is 0.490 e. The van der Waals surface area contributed by atoms with Crippen LogP contribution >= 0.6 is 0 Å². The van der Waals surface area contributed by atoms with Crippen LogP contribution in [0.15, 0.2) is 23.4 Å². The molecule has 1 aromatic heterocycles. The maximum atomic E-state index is 13.6. The van der Waals surface area contributed by atoms with Crippen LogP contribution in [-0.2, 0) is 0 Å². The molecule has 0 aliphatic heterocycles. The zero-order valence-corrected chi connectivity index (χ0v) is 11.8. The van der Waals surface area contributed by atoms with Gasteiger partial charge in [0.25, 0.3) is 0 Å². The molecule has 0 saturated carbocycles. The number of anilines is 1. The first-order chi connectivity index (χ1) is 10.0. The molecular formula is C14H16F2N4O. The van der Waals surface area contributed by atoms with E-state index in [2.05, 4.69) is 10.1 Å². The third-order valence-corrected chi connectivity index (χ3v) is 2.64. The molecule has 112 valence electrons. The topological polar surface area (TPSA) is 65.4 Å². The lowest BCUT2D eigenvalue weighted by Gasteiger charge is -2.07. The van der Waals surface area contributed by atoms with E-state index >= 15 is 0 Å². The summed E-state index contributed by atoms with van der Waals surface area (Å²) in [5, 5.41) is 4.05. The Bertz CT molecular complexity index is 667. The molecule has 2 rings (SSSR count). The van der Waals surface area contributed by atoms with Gasteiger partial charge in [-0.05, 0) is 25.5 Å². The van der Waals surface area contributed by atoms with E-state index in [4.69, 9.17) is 10.5 Å². The van der Waals surface area contributed by atoms with Gasteiger partial charge in [0, 0.05) is 5.56 Å². The maximum absolute atomic E-state index is 13.6. The van der Waals surface area contributed by atoms with Gasteiger partial charge in [-0.1, -0.05) is 6.92 Å². The highest BCUT2D eigenvalue weighted by Gasteiger charge is 2.11. The van der Waals surface area contributed by atoms with Gasteiger partial charge in [-0.3, -0.25) is 0 Å². The van der Waals surface area contributed by atoms with Crippen LogP contribution in [0.25, 0.3) is 0 Å². The summed E-state index contributed by atoms with van der Waals surface area (Å²) in [4.78, 5) is 3.98. The maximum Gasteiger partial charge on any atom is 0.221 e. The van der Waals surface area contributed by atoms with Crippen LogP contribution in [0.2, 0.25) is 0 Å². The van der Waals surface area contributed by atoms with Gasteiger partial charge in [-0.25, -0.2) is 14.1 Å². The smallest absolute Gasteiger partial charge is 0.221 e. The number of imidazole rings is 1. The van der Waals surface area contributed by atoms with E-state index < -0.39 is 11.6 Å². The quantitative estimate of drug-likeness (QED) is 0.862. The molecule has 0 spiro atoms. The summed E-state index contributed by atoms with van der Waals surface area (Å²) in [6, 6.07) is 2.43. The molecule has 0 atom stereocenters. The van der Waals surface area contributed by atoms with Gasteiger partial charge in [-0.2, -0.15) is 9.49 Å². The highest BCUT2D eigenvalue weighted by Crippen LogP contribution is 2.21. The van der Waals surface area contributed by atoms with Gasteiger partial charge in [0.05, 0.1) is 24.7 Å². The normalized spacial score (nSPS) is 11.2. The van der Waals surface area contributed by atoms with Gasteiger partial charge < -0.3 is 10.5 Å². The Morgan fingerprint density at radius 1 is 1.43 bits per heavy atom. The predicted molar refractivity (Wildman–Crippen MR) is 76.5 cm³/mol. The number of benzene rings is 1. The molecule has 1 heterocycles. The van der Waals surface area contributed by atoms with Crippen LogP contribution in [0.5, 0.6) is 5.75 Å². The van der Waals surface area contributed by atoms with Crippen LogP contribution in [0, 0.1) is 18.6 Å². The zero-order chi connectivity index (χ0) is 15.4. The fourth-order valence-electron chi connectivity index (χ4n) is 1.70. The number of hydrogen-bond acceptors (Lipinski definition) is 4. The summed E-state index contributed by atoms with van der Waals surface area (Å²) in [6.45, 7) is 3.96. The Kier molecular flexibility index (Phi) is 4.52. The van der Waals surface area contributed by atoms with E-state index in [1.165, 1.54) is 17.0 Å². The number of nitrogens with two attached hydrogens (primary N) is 1. The van der Waals surface area contributed by atoms with E-state index in [0.717, 1.165) is 6.07 Å². The molecule has 7 heteroatoms. The van der Waals surface area contributed by atoms with Crippen molar-refractivity contribution in [1.29, 1.82) is 0 Å². The van der Waals surface area contributed by atoms with Gasteiger partial charge in [0.2, 0.25) is 11.8 Å². The summed E-state index contributed by atoms with van der Waals surface area (Å²) in [5.41, 5.74) is 6.71. The molecule has 1 aromatic carbocycles. The lowest BCUT2D eigenvalue weighted by atomic mass is 10.2. The molecular weight excluding hydrogens is 278 g/mol. The average Bonchev–Trinajstić information content (AvgIpc) is 2.76. The highest BCUT2D eigenvalue weighted by molar-refractivity contribution is 5.80. The average molecular weight is 294 g/mol. The van der Waals surface area contributed by atoms with Crippen molar-refractivity contribution < 1.29 is 13.5 Å². The molecule has 5 nitrogen and oxygen atoms in total. The molecule has 0 bridgehead atoms. The molecule has 0 unspecified atom stereocenters. The molecule has 2 N–H and O–H groups in total. The van der Waals surface area contributed by atoms with Crippen molar-refractivity contribution in [1.82, 2.24) is 9.66 Å². The lowest BCUT2D eigenvalue weighted by Crippen LogP contribution is -2.01. The SMILES string of the molecule is CCCOc1cc(C=Nn2cc(C)nc2N)cc(F)c1F. The number of ether oxygens (including phenoxy) is 1. The van der Waals surface area contributed by atoms with E-state index in [-0.39, 0.29) is 11.7 Å². The van der Waals surface area contributed by atoms with Crippen LogP contribution in [-0.4, -0.2) is 22.5 Å². The van der Waals surface area contributed by atoms with Crippen LogP contribution < -0.4 is 10.5 Å². The molecule has 0 saturated heterocycles. The molecule has 0 aliphatic carbocycles. The third kappa shape index (κ3) is 3.56. The van der Waals surface area contributed by atoms with Crippen LogP contribution in [0.3, 0.4) is 0 Å². The third-order valence-electron chi connectivity index (χ3n) is 2.64. The number of halogens is 2. The molecule has 2 aromatic rings. The highest BCUT2D eigenvalue weighted by atomic mass is 19.2. The second-order valence-corrected chi connectivity index (χ2v) is 4.49. The van der Waals surface area contributed by atoms with Crippen LogP contribution in [0.4, 0.5) is 14.7 Å². The minimum atomic E-state index is -1.00.